The molecule has 0 saturated heterocycles. The van der Waals surface area contributed by atoms with Gasteiger partial charge in [-0.2, -0.15) is 0 Å². The number of fused-ring (bicyclic) bond motifs is 4. The molecule has 266 valence electrons. The summed E-state index contributed by atoms with van der Waals surface area (Å²) in [5.41, 5.74) is 4.45. The number of carbonyl (C=O) groups excluding carboxylic acids is 3. The van der Waals surface area contributed by atoms with Crippen LogP contribution in [0.15, 0.2) is 73.1 Å². The van der Waals surface area contributed by atoms with E-state index in [0.717, 1.165) is 27.5 Å². The van der Waals surface area contributed by atoms with E-state index in [2.05, 4.69) is 10.3 Å². The first-order valence-electron chi connectivity index (χ1n) is 16.8. The van der Waals surface area contributed by atoms with Crippen molar-refractivity contribution >= 4 is 51.5 Å². The molecule has 2 amide bonds. The second-order valence-electron chi connectivity index (χ2n) is 12.4. The van der Waals surface area contributed by atoms with Crippen molar-refractivity contribution in [1.82, 2.24) is 19.6 Å². The molecule has 1 aliphatic heterocycles. The number of ether oxygens (including phenoxy) is 2. The number of Topliss-reactive ketones (excluding diaryl/α,β-unsaturated/α-hetero) is 1. The quantitative estimate of drug-likeness (QED) is 0.0828. The third-order valence-corrected chi connectivity index (χ3v) is 9.37. The SMILES string of the molecule is CNCCN(CCOCCO)C(=O)Oc1cc2c(c3c(C)cccc13)[C@H](CCl)CN2C(=O)c1cn2cc(CC(=O)c3ccc(O)cc3)ccc2n1. The molecule has 0 fully saturated rings. The maximum atomic E-state index is 14.2. The predicted molar refractivity (Wildman–Crippen MR) is 195 cm³/mol. The molecule has 0 radical (unpaired) electrons. The number of nitrogens with one attached hydrogen (secondary N) is 1. The van der Waals surface area contributed by atoms with Crippen molar-refractivity contribution in [3.05, 3.63) is 101 Å². The number of phenols is 1. The number of imidazole rings is 1. The van der Waals surface area contributed by atoms with E-state index >= 15 is 0 Å². The number of amides is 2. The number of phenolic OH excluding ortho intramolecular Hbond substituents is 1. The molecule has 0 aliphatic carbocycles. The van der Waals surface area contributed by atoms with Gasteiger partial charge in [0, 0.05) is 73.8 Å². The minimum Gasteiger partial charge on any atom is -0.508 e. The van der Waals surface area contributed by atoms with E-state index in [0.29, 0.717) is 42.3 Å². The Hall–Kier alpha value is -5.01. The maximum absolute atomic E-state index is 14.2. The predicted octanol–water partition coefficient (Wildman–Crippen LogP) is 4.94. The number of rotatable bonds is 14. The molecule has 1 atom stereocenters. The number of carbonyl (C=O) groups is 3. The molecule has 0 unspecified atom stereocenters. The molecule has 51 heavy (non-hydrogen) atoms. The molecule has 5 aromatic rings. The van der Waals surface area contributed by atoms with Crippen LogP contribution in [0, 0.1) is 6.92 Å². The number of pyridine rings is 1. The number of alkyl halides is 1. The molecule has 3 N–H and O–H groups in total. The summed E-state index contributed by atoms with van der Waals surface area (Å²) < 4.78 is 13.2. The average molecular weight is 714 g/mol. The summed E-state index contributed by atoms with van der Waals surface area (Å²) in [5.74, 6) is 0.0559. The highest BCUT2D eigenvalue weighted by molar-refractivity contribution is 6.19. The molecule has 6 rings (SSSR count). The fraction of sp³-hybridized carbons (Fsp3) is 0.316. The van der Waals surface area contributed by atoms with Crippen LogP contribution in [-0.4, -0.2) is 101 Å². The van der Waals surface area contributed by atoms with Crippen LogP contribution in [0.4, 0.5) is 10.5 Å². The van der Waals surface area contributed by atoms with E-state index in [-0.39, 0.29) is 67.7 Å². The van der Waals surface area contributed by atoms with Gasteiger partial charge in [0.05, 0.1) is 25.5 Å². The van der Waals surface area contributed by atoms with Crippen LogP contribution in [-0.2, 0) is 11.2 Å². The van der Waals surface area contributed by atoms with Crippen LogP contribution >= 0.6 is 11.6 Å². The van der Waals surface area contributed by atoms with Crippen molar-refractivity contribution in [1.29, 1.82) is 0 Å². The van der Waals surface area contributed by atoms with Crippen LogP contribution in [0.5, 0.6) is 11.5 Å². The van der Waals surface area contributed by atoms with Crippen molar-refractivity contribution in [3.8, 4) is 11.5 Å². The van der Waals surface area contributed by atoms with E-state index in [1.165, 1.54) is 17.0 Å². The Balaban J connectivity index is 1.31. The van der Waals surface area contributed by atoms with Gasteiger partial charge in [0.2, 0.25) is 0 Å². The highest BCUT2D eigenvalue weighted by atomic mass is 35.5. The first-order chi connectivity index (χ1) is 24.7. The molecule has 12 nitrogen and oxygen atoms in total. The lowest BCUT2D eigenvalue weighted by molar-refractivity contribution is 0.0731. The Bertz CT molecular complexity index is 2070. The van der Waals surface area contributed by atoms with Crippen molar-refractivity contribution in [2.24, 2.45) is 0 Å². The Labute approximate surface area is 300 Å². The lowest BCUT2D eigenvalue weighted by atomic mass is 9.92. The number of anilines is 1. The molecule has 0 spiro atoms. The van der Waals surface area contributed by atoms with Gasteiger partial charge < -0.3 is 39.2 Å². The van der Waals surface area contributed by atoms with E-state index < -0.39 is 6.09 Å². The minimum absolute atomic E-state index is 0.0887. The highest BCUT2D eigenvalue weighted by Crippen LogP contribution is 2.47. The van der Waals surface area contributed by atoms with Crippen molar-refractivity contribution in [2.75, 3.05) is 63.8 Å². The number of likely N-dealkylation sites (N-methyl/N-ethyl adjacent to an activating group) is 1. The number of nitrogens with zero attached hydrogens (tertiary/aromatic N) is 4. The molecular weight excluding hydrogens is 674 g/mol. The maximum Gasteiger partial charge on any atom is 0.415 e. The van der Waals surface area contributed by atoms with Crippen molar-refractivity contribution < 1.29 is 34.1 Å². The van der Waals surface area contributed by atoms with E-state index in [4.69, 9.17) is 26.2 Å². The zero-order valence-electron chi connectivity index (χ0n) is 28.5. The molecule has 2 aromatic heterocycles. The van der Waals surface area contributed by atoms with Gasteiger partial charge in [-0.15, -0.1) is 11.6 Å². The third-order valence-electron chi connectivity index (χ3n) is 9.00. The number of aliphatic hydroxyl groups is 1. The monoisotopic (exact) mass is 713 g/mol. The zero-order valence-corrected chi connectivity index (χ0v) is 29.2. The van der Waals surface area contributed by atoms with Gasteiger partial charge in [-0.25, -0.2) is 9.78 Å². The van der Waals surface area contributed by atoms with Gasteiger partial charge in [-0.3, -0.25) is 9.59 Å². The van der Waals surface area contributed by atoms with E-state index in [1.54, 1.807) is 59.1 Å². The summed E-state index contributed by atoms with van der Waals surface area (Å²) >= 11 is 6.54. The standard InChI is InChI=1S/C38H40ClN5O7/c1-24-4-3-5-29-33(51-38(49)42(13-12-40-2)14-16-50-17-15-45)19-31-36(35(24)29)27(20-39)22-44(31)37(48)30-23-43-21-25(6-11-34(43)41-30)18-32(47)26-7-9-28(46)10-8-26/h3-11,19,21,23,27,40,45-46H,12-18,20,22H2,1-2H3/t27-/m1/s1. The second-order valence-corrected chi connectivity index (χ2v) is 12.8. The van der Waals surface area contributed by atoms with Gasteiger partial charge in [0.25, 0.3) is 5.91 Å². The number of ketones is 1. The van der Waals surface area contributed by atoms with Crippen LogP contribution in [0.1, 0.15) is 43.5 Å². The third kappa shape index (κ3) is 7.69. The number of halogens is 1. The molecular formula is C38H40ClN5O7. The van der Waals surface area contributed by atoms with Gasteiger partial charge in [0.1, 0.15) is 22.8 Å². The molecule has 1 aliphatic rings. The topological polar surface area (TPSA) is 146 Å². The molecule has 13 heteroatoms. The van der Waals surface area contributed by atoms with Crippen molar-refractivity contribution in [2.45, 2.75) is 19.3 Å². The summed E-state index contributed by atoms with van der Waals surface area (Å²) in [6.45, 7) is 3.76. The van der Waals surface area contributed by atoms with Gasteiger partial charge >= 0.3 is 6.09 Å². The summed E-state index contributed by atoms with van der Waals surface area (Å²) in [7, 11) is 1.80. The molecule has 0 saturated carbocycles. The van der Waals surface area contributed by atoms with Crippen LogP contribution < -0.4 is 15.0 Å². The Morgan fingerprint density at radius 3 is 2.61 bits per heavy atom. The first-order valence-corrected chi connectivity index (χ1v) is 17.3. The average Bonchev–Trinajstić information content (AvgIpc) is 3.72. The van der Waals surface area contributed by atoms with Crippen LogP contribution in [0.25, 0.3) is 16.4 Å². The number of aryl methyl sites for hydroxylation is 1. The lowest BCUT2D eigenvalue weighted by Crippen LogP contribution is -2.40. The summed E-state index contributed by atoms with van der Waals surface area (Å²) in [6, 6.07) is 17.2. The summed E-state index contributed by atoms with van der Waals surface area (Å²) in [5, 5.41) is 23.3. The largest absolute Gasteiger partial charge is 0.508 e. The van der Waals surface area contributed by atoms with Gasteiger partial charge in [-0.05, 0) is 66.4 Å². The fourth-order valence-electron chi connectivity index (χ4n) is 6.45. The van der Waals surface area contributed by atoms with Gasteiger partial charge in [-0.1, -0.05) is 24.3 Å². The number of aliphatic hydroxyl groups excluding tert-OH is 1. The van der Waals surface area contributed by atoms with Crippen LogP contribution in [0.3, 0.4) is 0 Å². The second kappa shape index (κ2) is 15.9. The zero-order chi connectivity index (χ0) is 36.1. The van der Waals surface area contributed by atoms with Gasteiger partial charge in [0.15, 0.2) is 5.78 Å². The van der Waals surface area contributed by atoms with Crippen molar-refractivity contribution in [3.63, 3.8) is 0 Å². The summed E-state index contributed by atoms with van der Waals surface area (Å²) in [6.07, 6.45) is 2.99. The highest BCUT2D eigenvalue weighted by Gasteiger charge is 2.37. The Morgan fingerprint density at radius 1 is 1.06 bits per heavy atom. The first kappa shape index (κ1) is 35.8. The molecule has 3 heterocycles. The summed E-state index contributed by atoms with van der Waals surface area (Å²) in [4.78, 5) is 48.5. The Morgan fingerprint density at radius 2 is 1.86 bits per heavy atom. The number of aromatic nitrogens is 2. The van der Waals surface area contributed by atoms with E-state index in [9.17, 15) is 19.5 Å². The fourth-order valence-corrected chi connectivity index (χ4v) is 6.70. The number of hydrogen-bond acceptors (Lipinski definition) is 9. The normalized spacial score (nSPS) is 13.9. The van der Waals surface area contributed by atoms with Crippen LogP contribution in [0.2, 0.25) is 0 Å². The number of hydrogen-bond donors (Lipinski definition) is 3. The van der Waals surface area contributed by atoms with E-state index in [1.807, 2.05) is 25.1 Å². The molecule has 0 bridgehead atoms. The Kier molecular flexibility index (Phi) is 11.2. The smallest absolute Gasteiger partial charge is 0.415 e. The lowest BCUT2D eigenvalue weighted by Gasteiger charge is -2.23. The number of aromatic hydroxyl groups is 1. The molecule has 3 aromatic carbocycles. The minimum atomic E-state index is -0.564. The number of benzene rings is 3.